The zero-order valence-electron chi connectivity index (χ0n) is 17.1. The van der Waals surface area contributed by atoms with Crippen LogP contribution in [0.5, 0.6) is 0 Å². The molecule has 2 aliphatic rings. The molecule has 1 aromatic heterocycles. The number of morpholine rings is 1. The van der Waals surface area contributed by atoms with Gasteiger partial charge in [0.1, 0.15) is 0 Å². The first-order valence-corrected chi connectivity index (χ1v) is 10.1. The van der Waals surface area contributed by atoms with E-state index in [4.69, 9.17) is 4.74 Å². The van der Waals surface area contributed by atoms with Gasteiger partial charge in [0.15, 0.2) is 0 Å². The fraction of sp³-hybridized carbons (Fsp3) is 0.348. The summed E-state index contributed by atoms with van der Waals surface area (Å²) >= 11 is 0. The number of aromatic nitrogens is 2. The van der Waals surface area contributed by atoms with Gasteiger partial charge in [-0.3, -0.25) is 0 Å². The molecule has 6 heteroatoms. The third kappa shape index (κ3) is 4.90. The first-order valence-electron chi connectivity index (χ1n) is 10.1. The van der Waals surface area contributed by atoms with Crippen LogP contribution in [0.25, 0.3) is 6.08 Å². The molecule has 29 heavy (non-hydrogen) atoms. The van der Waals surface area contributed by atoms with Gasteiger partial charge in [-0.15, -0.1) is 0 Å². The van der Waals surface area contributed by atoms with Crippen LogP contribution in [0, 0.1) is 13.8 Å². The van der Waals surface area contributed by atoms with Crippen LogP contribution in [0.4, 0.5) is 5.95 Å². The molecule has 2 heterocycles. The molecule has 0 radical (unpaired) electrons. The summed E-state index contributed by atoms with van der Waals surface area (Å²) < 4.78 is 5.56. The van der Waals surface area contributed by atoms with Crippen LogP contribution in [0.15, 0.2) is 58.3 Å². The third-order valence-corrected chi connectivity index (χ3v) is 5.11. The molecule has 0 unspecified atom stereocenters. The highest BCUT2D eigenvalue weighted by atomic mass is 16.5. The van der Waals surface area contributed by atoms with E-state index in [2.05, 4.69) is 55.7 Å². The lowest BCUT2D eigenvalue weighted by atomic mass is 10.1. The molecule has 0 spiro atoms. The highest BCUT2D eigenvalue weighted by Gasteiger charge is 2.25. The first kappa shape index (κ1) is 19.3. The van der Waals surface area contributed by atoms with Gasteiger partial charge in [-0.2, -0.15) is 5.10 Å². The second kappa shape index (κ2) is 9.01. The minimum atomic E-state index is 0.533. The van der Waals surface area contributed by atoms with Crippen molar-refractivity contribution < 1.29 is 4.74 Å². The van der Waals surface area contributed by atoms with Gasteiger partial charge in [0, 0.05) is 30.2 Å². The summed E-state index contributed by atoms with van der Waals surface area (Å²) in [5.41, 5.74) is 9.98. The summed E-state index contributed by atoms with van der Waals surface area (Å²) in [6.45, 7) is 7.27. The molecule has 6 nitrogen and oxygen atoms in total. The molecule has 0 saturated carbocycles. The number of nitrogens with one attached hydrogen (secondary N) is 1. The lowest BCUT2D eigenvalue weighted by molar-refractivity contribution is 0.0548. The number of anilines is 1. The number of aryl methyl sites for hydroxylation is 2. The van der Waals surface area contributed by atoms with Crippen LogP contribution < -0.4 is 5.43 Å². The summed E-state index contributed by atoms with van der Waals surface area (Å²) in [5.74, 6) is 0.533. The van der Waals surface area contributed by atoms with E-state index in [1.165, 1.54) is 22.4 Å². The Balaban J connectivity index is 1.60. The SMILES string of the molecule is Cc1cc(C)nc(NN=CC2=C(N3CCOCC3)/C(=C/c3ccccc3)CC2)n1. The molecule has 0 amide bonds. The van der Waals surface area contributed by atoms with Crippen LogP contribution in [0.2, 0.25) is 0 Å². The Hall–Kier alpha value is -2.99. The number of nitrogens with zero attached hydrogens (tertiary/aromatic N) is 4. The standard InChI is InChI=1S/C23H27N5O/c1-17-14-18(2)26-23(25-17)27-24-16-21-9-8-20(15-19-6-4-3-5-7-19)22(21)28-10-12-29-13-11-28/h3-7,14-16H,8-13H2,1-2H3,(H,25,26,27)/b20-15+,24-16?. The van der Waals surface area contributed by atoms with Crippen molar-refractivity contribution in [3.63, 3.8) is 0 Å². The van der Waals surface area contributed by atoms with E-state index in [1.54, 1.807) is 0 Å². The topological polar surface area (TPSA) is 62.6 Å². The average molecular weight is 390 g/mol. The number of hydrazone groups is 1. The highest BCUT2D eigenvalue weighted by molar-refractivity contribution is 5.84. The Morgan fingerprint density at radius 1 is 1.03 bits per heavy atom. The molecule has 0 bridgehead atoms. The van der Waals surface area contributed by atoms with Crippen LogP contribution >= 0.6 is 0 Å². The van der Waals surface area contributed by atoms with Crippen molar-refractivity contribution in [2.75, 3.05) is 31.7 Å². The maximum absolute atomic E-state index is 5.56. The molecular formula is C23H27N5O. The number of benzene rings is 1. The van der Waals surface area contributed by atoms with E-state index in [0.717, 1.165) is 50.5 Å². The summed E-state index contributed by atoms with van der Waals surface area (Å²) in [6.07, 6.45) is 6.22. The number of allylic oxidation sites excluding steroid dienone is 2. The Morgan fingerprint density at radius 2 is 1.76 bits per heavy atom. The van der Waals surface area contributed by atoms with Crippen molar-refractivity contribution in [1.29, 1.82) is 0 Å². The van der Waals surface area contributed by atoms with E-state index in [0.29, 0.717) is 5.95 Å². The molecule has 1 aliphatic heterocycles. The van der Waals surface area contributed by atoms with Crippen molar-refractivity contribution in [2.45, 2.75) is 26.7 Å². The predicted molar refractivity (Wildman–Crippen MR) is 117 cm³/mol. The van der Waals surface area contributed by atoms with Crippen LogP contribution in [0.1, 0.15) is 29.8 Å². The Morgan fingerprint density at radius 3 is 2.48 bits per heavy atom. The van der Waals surface area contributed by atoms with E-state index in [-0.39, 0.29) is 0 Å². The second-order valence-corrected chi connectivity index (χ2v) is 7.40. The minimum absolute atomic E-state index is 0.533. The van der Waals surface area contributed by atoms with Crippen molar-refractivity contribution >= 4 is 18.2 Å². The number of rotatable bonds is 5. The fourth-order valence-corrected chi connectivity index (χ4v) is 3.87. The average Bonchev–Trinajstić information content (AvgIpc) is 3.11. The molecule has 4 rings (SSSR count). The number of ether oxygens (including phenoxy) is 1. The largest absolute Gasteiger partial charge is 0.378 e. The molecular weight excluding hydrogens is 362 g/mol. The Kier molecular flexibility index (Phi) is 6.00. The second-order valence-electron chi connectivity index (χ2n) is 7.40. The minimum Gasteiger partial charge on any atom is -0.378 e. The third-order valence-electron chi connectivity index (χ3n) is 5.11. The number of hydrogen-bond acceptors (Lipinski definition) is 6. The molecule has 1 aliphatic carbocycles. The number of hydrogen-bond donors (Lipinski definition) is 1. The maximum atomic E-state index is 5.56. The van der Waals surface area contributed by atoms with Crippen LogP contribution in [0.3, 0.4) is 0 Å². The van der Waals surface area contributed by atoms with Crippen molar-refractivity contribution in [3.05, 3.63) is 70.2 Å². The van der Waals surface area contributed by atoms with Crippen LogP contribution in [-0.2, 0) is 4.74 Å². The van der Waals surface area contributed by atoms with Gasteiger partial charge in [-0.1, -0.05) is 30.3 Å². The summed E-state index contributed by atoms with van der Waals surface area (Å²) in [4.78, 5) is 11.2. The molecule has 1 N–H and O–H groups in total. The van der Waals surface area contributed by atoms with Gasteiger partial charge < -0.3 is 9.64 Å². The van der Waals surface area contributed by atoms with Crippen LogP contribution in [-0.4, -0.2) is 47.4 Å². The van der Waals surface area contributed by atoms with Gasteiger partial charge in [0.25, 0.3) is 0 Å². The van der Waals surface area contributed by atoms with Crippen molar-refractivity contribution in [2.24, 2.45) is 5.10 Å². The Labute approximate surface area is 172 Å². The predicted octanol–water partition coefficient (Wildman–Crippen LogP) is 3.95. The first-order chi connectivity index (χ1) is 14.2. The van der Waals surface area contributed by atoms with E-state index < -0.39 is 0 Å². The molecule has 0 atom stereocenters. The molecule has 1 aromatic carbocycles. The molecule has 1 fully saturated rings. The lowest BCUT2D eigenvalue weighted by Gasteiger charge is -2.31. The zero-order valence-corrected chi connectivity index (χ0v) is 17.1. The van der Waals surface area contributed by atoms with Gasteiger partial charge in [-0.05, 0) is 55.5 Å². The van der Waals surface area contributed by atoms with Crippen molar-refractivity contribution in [3.8, 4) is 0 Å². The smallest absolute Gasteiger partial charge is 0.243 e. The van der Waals surface area contributed by atoms with Gasteiger partial charge in [-0.25, -0.2) is 15.4 Å². The lowest BCUT2D eigenvalue weighted by Crippen LogP contribution is -2.36. The highest BCUT2D eigenvalue weighted by Crippen LogP contribution is 2.35. The monoisotopic (exact) mass is 389 g/mol. The normalized spacial score (nSPS) is 18.8. The zero-order chi connectivity index (χ0) is 20.1. The van der Waals surface area contributed by atoms with E-state index in [9.17, 15) is 0 Å². The maximum Gasteiger partial charge on any atom is 0.243 e. The molecule has 150 valence electrons. The Bertz CT molecular complexity index is 923. The van der Waals surface area contributed by atoms with Crippen molar-refractivity contribution in [1.82, 2.24) is 14.9 Å². The molecule has 2 aromatic rings. The summed E-state index contributed by atoms with van der Waals surface area (Å²) in [5, 5.41) is 4.45. The van der Waals surface area contributed by atoms with Gasteiger partial charge in [0.2, 0.25) is 5.95 Å². The van der Waals surface area contributed by atoms with E-state index in [1.807, 2.05) is 32.2 Å². The summed E-state index contributed by atoms with van der Waals surface area (Å²) in [7, 11) is 0. The quantitative estimate of drug-likeness (QED) is 0.620. The van der Waals surface area contributed by atoms with Gasteiger partial charge >= 0.3 is 0 Å². The molecule has 1 saturated heterocycles. The fourth-order valence-electron chi connectivity index (χ4n) is 3.87. The van der Waals surface area contributed by atoms with Gasteiger partial charge in [0.05, 0.1) is 19.4 Å². The summed E-state index contributed by atoms with van der Waals surface area (Å²) in [6, 6.07) is 12.5. The van der Waals surface area contributed by atoms with E-state index >= 15 is 0 Å².